The van der Waals surface area contributed by atoms with Crippen molar-refractivity contribution in [1.29, 1.82) is 0 Å². The Morgan fingerprint density at radius 1 is 1.10 bits per heavy atom. The predicted octanol–water partition coefficient (Wildman–Crippen LogP) is 4.21. The van der Waals surface area contributed by atoms with Crippen LogP contribution in [0.25, 0.3) is 0 Å². The number of hydrogen-bond donors (Lipinski definition) is 1. The number of hydrazone groups is 1. The van der Waals surface area contributed by atoms with Crippen molar-refractivity contribution in [3.8, 4) is 0 Å². The van der Waals surface area contributed by atoms with E-state index in [-0.39, 0.29) is 6.04 Å². The summed E-state index contributed by atoms with van der Waals surface area (Å²) >= 11 is 5.53. The minimum absolute atomic E-state index is 0.176. The molecule has 1 aliphatic heterocycles. The van der Waals surface area contributed by atoms with E-state index in [2.05, 4.69) is 34.7 Å². The molecule has 0 saturated carbocycles. The number of thiocarbonyl (C=S) groups is 1. The van der Waals surface area contributed by atoms with E-state index in [4.69, 9.17) is 12.2 Å². The fraction of sp³-hybridized carbons (Fsp3) is 0.176. The maximum atomic E-state index is 5.53. The highest BCUT2D eigenvalue weighted by Gasteiger charge is 2.28. The average Bonchev–Trinajstić information content (AvgIpc) is 2.91. The number of hydrogen-bond acceptors (Lipinski definition) is 2. The smallest absolute Gasteiger partial charge is 0.194 e. The monoisotopic (exact) mass is 295 g/mol. The van der Waals surface area contributed by atoms with Crippen LogP contribution in [0.5, 0.6) is 0 Å². The molecule has 0 radical (unpaired) electrons. The van der Waals surface area contributed by atoms with Crippen molar-refractivity contribution < 1.29 is 0 Å². The Balaban J connectivity index is 1.80. The molecular weight excluding hydrogens is 278 g/mol. The first-order chi connectivity index (χ1) is 10.2. The fourth-order valence-corrected chi connectivity index (χ4v) is 2.77. The van der Waals surface area contributed by atoms with Crippen LogP contribution < -0.4 is 5.32 Å². The van der Waals surface area contributed by atoms with Gasteiger partial charge in [0.1, 0.15) is 0 Å². The summed E-state index contributed by atoms with van der Waals surface area (Å²) in [6, 6.07) is 20.5. The van der Waals surface area contributed by atoms with Crippen LogP contribution >= 0.6 is 12.2 Å². The van der Waals surface area contributed by atoms with Gasteiger partial charge in [-0.05, 0) is 36.8 Å². The van der Waals surface area contributed by atoms with Crippen molar-refractivity contribution >= 4 is 28.7 Å². The zero-order valence-corrected chi connectivity index (χ0v) is 12.7. The normalized spacial score (nSPS) is 17.5. The highest BCUT2D eigenvalue weighted by molar-refractivity contribution is 7.80. The first kappa shape index (κ1) is 13.8. The molecule has 21 heavy (non-hydrogen) atoms. The third-order valence-electron chi connectivity index (χ3n) is 3.48. The van der Waals surface area contributed by atoms with Crippen molar-refractivity contribution in [1.82, 2.24) is 5.01 Å². The van der Waals surface area contributed by atoms with E-state index in [0.717, 1.165) is 17.8 Å². The van der Waals surface area contributed by atoms with Crippen LogP contribution in [0.1, 0.15) is 24.9 Å². The molecule has 1 atom stereocenters. The minimum Gasteiger partial charge on any atom is -0.331 e. The number of anilines is 1. The molecule has 1 heterocycles. The van der Waals surface area contributed by atoms with Gasteiger partial charge in [0.2, 0.25) is 0 Å². The van der Waals surface area contributed by atoms with Crippen molar-refractivity contribution in [2.24, 2.45) is 5.10 Å². The lowest BCUT2D eigenvalue weighted by atomic mass is 10.0. The lowest BCUT2D eigenvalue weighted by molar-refractivity contribution is 0.375. The number of nitrogens with one attached hydrogen (secondary N) is 1. The Bertz CT molecular complexity index is 652. The van der Waals surface area contributed by atoms with Gasteiger partial charge in [-0.15, -0.1) is 0 Å². The molecule has 0 aromatic heterocycles. The molecule has 0 spiro atoms. The quantitative estimate of drug-likeness (QED) is 0.841. The zero-order chi connectivity index (χ0) is 14.7. The van der Waals surface area contributed by atoms with Crippen LogP contribution in [0.2, 0.25) is 0 Å². The summed E-state index contributed by atoms with van der Waals surface area (Å²) in [5, 5.41) is 10.4. The lowest BCUT2D eigenvalue weighted by Crippen LogP contribution is -2.31. The molecule has 1 N–H and O–H groups in total. The van der Waals surface area contributed by atoms with Gasteiger partial charge < -0.3 is 5.32 Å². The molecule has 0 amide bonds. The number of para-hydroxylation sites is 1. The summed E-state index contributed by atoms with van der Waals surface area (Å²) in [5.74, 6) is 0. The molecule has 1 aliphatic rings. The van der Waals surface area contributed by atoms with Gasteiger partial charge in [-0.3, -0.25) is 0 Å². The molecule has 0 saturated heterocycles. The highest BCUT2D eigenvalue weighted by Crippen LogP contribution is 2.31. The number of rotatable bonds is 2. The maximum Gasteiger partial charge on any atom is 0.194 e. The van der Waals surface area contributed by atoms with Crippen molar-refractivity contribution in [2.45, 2.75) is 19.4 Å². The van der Waals surface area contributed by atoms with E-state index >= 15 is 0 Å². The number of nitrogens with zero attached hydrogens (tertiary/aromatic N) is 2. The Kier molecular flexibility index (Phi) is 3.97. The molecular formula is C17H17N3S. The summed E-state index contributed by atoms with van der Waals surface area (Å²) in [7, 11) is 0. The van der Waals surface area contributed by atoms with Crippen LogP contribution in [0.4, 0.5) is 5.69 Å². The second kappa shape index (κ2) is 6.06. The third-order valence-corrected chi connectivity index (χ3v) is 3.77. The maximum absolute atomic E-state index is 5.53. The molecule has 4 heteroatoms. The standard InChI is InChI=1S/C17H17N3S/c1-13-12-16(14-8-4-2-5-9-14)20(19-13)17(21)18-15-10-6-3-7-11-15/h2-11,16H,12H2,1H3,(H,18,21)/t16-/m0/s1. The SMILES string of the molecule is CC1=NN(C(=S)Nc2ccccc2)[C@H](c2ccccc2)C1. The van der Waals surface area contributed by atoms with Gasteiger partial charge >= 0.3 is 0 Å². The van der Waals surface area contributed by atoms with E-state index in [1.807, 2.05) is 48.3 Å². The summed E-state index contributed by atoms with van der Waals surface area (Å²) in [5.41, 5.74) is 3.31. The summed E-state index contributed by atoms with van der Waals surface area (Å²) in [4.78, 5) is 0. The van der Waals surface area contributed by atoms with Gasteiger partial charge in [-0.1, -0.05) is 48.5 Å². The van der Waals surface area contributed by atoms with E-state index in [0.29, 0.717) is 5.11 Å². The van der Waals surface area contributed by atoms with Crippen molar-refractivity contribution in [3.05, 3.63) is 66.2 Å². The molecule has 106 valence electrons. The Morgan fingerprint density at radius 2 is 1.71 bits per heavy atom. The van der Waals surface area contributed by atoms with Gasteiger partial charge in [0.25, 0.3) is 0 Å². The van der Waals surface area contributed by atoms with E-state index in [1.54, 1.807) is 0 Å². The zero-order valence-electron chi connectivity index (χ0n) is 11.9. The largest absolute Gasteiger partial charge is 0.331 e. The first-order valence-corrected chi connectivity index (χ1v) is 7.39. The molecule has 3 nitrogen and oxygen atoms in total. The first-order valence-electron chi connectivity index (χ1n) is 6.98. The molecule has 0 aliphatic carbocycles. The average molecular weight is 295 g/mol. The fourth-order valence-electron chi connectivity index (χ4n) is 2.48. The van der Waals surface area contributed by atoms with Crippen LogP contribution in [0.15, 0.2) is 65.8 Å². The summed E-state index contributed by atoms with van der Waals surface area (Å²) < 4.78 is 0. The molecule has 0 bridgehead atoms. The second-order valence-electron chi connectivity index (χ2n) is 5.11. The number of benzene rings is 2. The highest BCUT2D eigenvalue weighted by atomic mass is 32.1. The Hall–Kier alpha value is -2.20. The van der Waals surface area contributed by atoms with Gasteiger partial charge in [0.15, 0.2) is 5.11 Å². The molecule has 2 aromatic rings. The lowest BCUT2D eigenvalue weighted by Gasteiger charge is -2.25. The van der Waals surface area contributed by atoms with Crippen LogP contribution in [-0.2, 0) is 0 Å². The Labute approximate surface area is 130 Å². The Morgan fingerprint density at radius 3 is 2.38 bits per heavy atom. The van der Waals surface area contributed by atoms with Crippen LogP contribution in [0.3, 0.4) is 0 Å². The van der Waals surface area contributed by atoms with Crippen LogP contribution in [0, 0.1) is 0 Å². The van der Waals surface area contributed by atoms with Crippen LogP contribution in [-0.4, -0.2) is 15.8 Å². The van der Waals surface area contributed by atoms with Gasteiger partial charge in [0.05, 0.1) is 6.04 Å². The molecule has 0 unspecified atom stereocenters. The minimum atomic E-state index is 0.176. The van der Waals surface area contributed by atoms with E-state index < -0.39 is 0 Å². The second-order valence-corrected chi connectivity index (χ2v) is 5.49. The molecule has 3 rings (SSSR count). The predicted molar refractivity (Wildman–Crippen MR) is 91.4 cm³/mol. The van der Waals surface area contributed by atoms with Crippen molar-refractivity contribution in [3.63, 3.8) is 0 Å². The van der Waals surface area contributed by atoms with E-state index in [9.17, 15) is 0 Å². The summed E-state index contributed by atoms with van der Waals surface area (Å²) in [6.07, 6.45) is 0.903. The molecule has 2 aromatic carbocycles. The van der Waals surface area contributed by atoms with Gasteiger partial charge in [-0.25, -0.2) is 5.01 Å². The van der Waals surface area contributed by atoms with Crippen molar-refractivity contribution in [2.75, 3.05) is 5.32 Å². The van der Waals surface area contributed by atoms with Gasteiger partial charge in [0, 0.05) is 17.8 Å². The summed E-state index contributed by atoms with van der Waals surface area (Å²) in [6.45, 7) is 2.04. The van der Waals surface area contributed by atoms with Gasteiger partial charge in [-0.2, -0.15) is 5.10 Å². The molecule has 0 fully saturated rings. The topological polar surface area (TPSA) is 27.6 Å². The van der Waals surface area contributed by atoms with E-state index in [1.165, 1.54) is 5.56 Å². The third kappa shape index (κ3) is 3.11.